The average molecular weight is 252 g/mol. The molecule has 2 saturated heterocycles. The maximum absolute atomic E-state index is 6.10. The van der Waals surface area contributed by atoms with Crippen molar-refractivity contribution in [2.75, 3.05) is 39.8 Å². The van der Waals surface area contributed by atoms with E-state index in [0.717, 1.165) is 37.4 Å². The third-order valence-electron chi connectivity index (χ3n) is 4.46. The van der Waals surface area contributed by atoms with Crippen molar-refractivity contribution < 1.29 is 0 Å². The molecule has 0 aromatic heterocycles. The molecule has 0 aromatic carbocycles. The van der Waals surface area contributed by atoms with Gasteiger partial charge in [-0.05, 0) is 57.7 Å². The Morgan fingerprint density at radius 2 is 1.72 bits per heavy atom. The summed E-state index contributed by atoms with van der Waals surface area (Å²) in [4.78, 5) is 9.28. The first-order valence-electron chi connectivity index (χ1n) is 7.38. The molecule has 4 heteroatoms. The smallest absolute Gasteiger partial charge is 0.191 e. The molecule has 0 radical (unpaired) electrons. The van der Waals surface area contributed by atoms with E-state index in [1.807, 2.05) is 0 Å². The van der Waals surface area contributed by atoms with Gasteiger partial charge in [0.1, 0.15) is 0 Å². The highest BCUT2D eigenvalue weighted by atomic mass is 15.3. The highest BCUT2D eigenvalue weighted by molar-refractivity contribution is 5.78. The summed E-state index contributed by atoms with van der Waals surface area (Å²) in [6.45, 7) is 7.84. The van der Waals surface area contributed by atoms with E-state index in [1.54, 1.807) is 0 Å². The van der Waals surface area contributed by atoms with Crippen LogP contribution in [0, 0.1) is 11.8 Å². The van der Waals surface area contributed by atoms with Crippen LogP contribution >= 0.6 is 0 Å². The molecule has 0 aliphatic carbocycles. The van der Waals surface area contributed by atoms with E-state index in [4.69, 9.17) is 5.73 Å². The van der Waals surface area contributed by atoms with Crippen LogP contribution in [0.15, 0.2) is 4.99 Å². The van der Waals surface area contributed by atoms with E-state index in [-0.39, 0.29) is 0 Å². The molecule has 18 heavy (non-hydrogen) atoms. The Hall–Kier alpha value is -0.770. The van der Waals surface area contributed by atoms with Crippen molar-refractivity contribution in [3.05, 3.63) is 0 Å². The molecule has 0 saturated carbocycles. The SMILES string of the molecule is CC1CCN(C(N)=NCC2CCN(C)CC2)CC1. The van der Waals surface area contributed by atoms with Crippen molar-refractivity contribution >= 4 is 5.96 Å². The minimum Gasteiger partial charge on any atom is -0.370 e. The summed E-state index contributed by atoms with van der Waals surface area (Å²) < 4.78 is 0. The van der Waals surface area contributed by atoms with E-state index >= 15 is 0 Å². The number of rotatable bonds is 2. The highest BCUT2D eigenvalue weighted by Gasteiger charge is 2.19. The molecule has 0 aromatic rings. The molecule has 2 N–H and O–H groups in total. The number of hydrogen-bond donors (Lipinski definition) is 1. The molecule has 2 heterocycles. The molecular formula is C14H28N4. The number of aliphatic imine (C=N–C) groups is 1. The average Bonchev–Trinajstić information content (AvgIpc) is 2.38. The fraction of sp³-hybridized carbons (Fsp3) is 0.929. The molecule has 2 aliphatic rings. The summed E-state index contributed by atoms with van der Waals surface area (Å²) in [5.74, 6) is 2.37. The van der Waals surface area contributed by atoms with Crippen LogP contribution in [0.3, 0.4) is 0 Å². The van der Waals surface area contributed by atoms with Crippen LogP contribution in [-0.4, -0.2) is 55.5 Å². The third-order valence-corrected chi connectivity index (χ3v) is 4.46. The van der Waals surface area contributed by atoms with E-state index in [2.05, 4.69) is 28.8 Å². The quantitative estimate of drug-likeness (QED) is 0.596. The molecule has 0 unspecified atom stereocenters. The second-order valence-electron chi connectivity index (χ2n) is 6.12. The van der Waals surface area contributed by atoms with Crippen LogP contribution in [0.4, 0.5) is 0 Å². The first-order chi connectivity index (χ1) is 8.65. The number of guanidine groups is 1. The number of nitrogens with zero attached hydrogens (tertiary/aromatic N) is 3. The maximum atomic E-state index is 6.10. The van der Waals surface area contributed by atoms with E-state index < -0.39 is 0 Å². The van der Waals surface area contributed by atoms with Crippen molar-refractivity contribution in [1.82, 2.24) is 9.80 Å². The minimum absolute atomic E-state index is 0.739. The largest absolute Gasteiger partial charge is 0.370 e. The Balaban J connectivity index is 1.74. The van der Waals surface area contributed by atoms with Crippen LogP contribution in [0.1, 0.15) is 32.6 Å². The number of likely N-dealkylation sites (tertiary alicyclic amines) is 2. The topological polar surface area (TPSA) is 44.9 Å². The standard InChI is InChI=1S/C14H28N4/c1-12-3-9-18(10-4-12)14(15)16-11-13-5-7-17(2)8-6-13/h12-13H,3-11H2,1-2H3,(H2,15,16). The summed E-state index contributed by atoms with van der Waals surface area (Å²) in [7, 11) is 2.20. The predicted molar refractivity (Wildman–Crippen MR) is 76.7 cm³/mol. The maximum Gasteiger partial charge on any atom is 0.191 e. The second kappa shape index (κ2) is 6.41. The fourth-order valence-corrected chi connectivity index (χ4v) is 2.80. The Kier molecular flexibility index (Phi) is 4.87. The van der Waals surface area contributed by atoms with Crippen LogP contribution in [0.25, 0.3) is 0 Å². The third kappa shape index (κ3) is 3.87. The van der Waals surface area contributed by atoms with Crippen molar-refractivity contribution in [3.63, 3.8) is 0 Å². The number of piperidine rings is 2. The van der Waals surface area contributed by atoms with Crippen molar-refractivity contribution in [2.45, 2.75) is 32.6 Å². The molecule has 0 bridgehead atoms. The van der Waals surface area contributed by atoms with E-state index in [9.17, 15) is 0 Å². The van der Waals surface area contributed by atoms with Gasteiger partial charge in [0.05, 0.1) is 0 Å². The first-order valence-corrected chi connectivity index (χ1v) is 7.38. The van der Waals surface area contributed by atoms with Gasteiger partial charge in [-0.25, -0.2) is 0 Å². The van der Waals surface area contributed by atoms with Crippen molar-refractivity contribution in [2.24, 2.45) is 22.6 Å². The summed E-state index contributed by atoms with van der Waals surface area (Å²) in [5, 5.41) is 0. The zero-order valence-electron chi connectivity index (χ0n) is 11.9. The number of nitrogens with two attached hydrogens (primary N) is 1. The molecule has 0 atom stereocenters. The Labute approximate surface area is 111 Å². The zero-order valence-corrected chi connectivity index (χ0v) is 11.9. The van der Waals surface area contributed by atoms with Gasteiger partial charge in [0.2, 0.25) is 0 Å². The van der Waals surface area contributed by atoms with Gasteiger partial charge in [0.25, 0.3) is 0 Å². The van der Waals surface area contributed by atoms with Gasteiger partial charge in [0, 0.05) is 19.6 Å². The lowest BCUT2D eigenvalue weighted by molar-refractivity contribution is 0.222. The first kappa shape index (κ1) is 13.7. The van der Waals surface area contributed by atoms with Gasteiger partial charge in [-0.1, -0.05) is 6.92 Å². The summed E-state index contributed by atoms with van der Waals surface area (Å²) in [5.41, 5.74) is 6.10. The Morgan fingerprint density at radius 3 is 2.33 bits per heavy atom. The second-order valence-corrected chi connectivity index (χ2v) is 6.12. The highest BCUT2D eigenvalue weighted by Crippen LogP contribution is 2.17. The van der Waals surface area contributed by atoms with Crippen LogP contribution in [-0.2, 0) is 0 Å². The summed E-state index contributed by atoms with van der Waals surface area (Å²) >= 11 is 0. The molecular weight excluding hydrogens is 224 g/mol. The van der Waals surface area contributed by atoms with Gasteiger partial charge >= 0.3 is 0 Å². The minimum atomic E-state index is 0.739. The summed E-state index contributed by atoms with van der Waals surface area (Å²) in [6.07, 6.45) is 5.05. The molecule has 2 rings (SSSR count). The predicted octanol–water partition coefficient (Wildman–Crippen LogP) is 1.37. The molecule has 104 valence electrons. The lowest BCUT2D eigenvalue weighted by Crippen LogP contribution is -2.43. The van der Waals surface area contributed by atoms with Gasteiger partial charge in [-0.3, -0.25) is 4.99 Å². The molecule has 4 nitrogen and oxygen atoms in total. The zero-order chi connectivity index (χ0) is 13.0. The molecule has 0 amide bonds. The van der Waals surface area contributed by atoms with Gasteiger partial charge in [0.15, 0.2) is 5.96 Å². The van der Waals surface area contributed by atoms with Gasteiger partial charge < -0.3 is 15.5 Å². The van der Waals surface area contributed by atoms with Crippen LogP contribution < -0.4 is 5.73 Å². The van der Waals surface area contributed by atoms with Crippen LogP contribution in [0.5, 0.6) is 0 Å². The molecule has 2 fully saturated rings. The monoisotopic (exact) mass is 252 g/mol. The lowest BCUT2D eigenvalue weighted by atomic mass is 9.97. The molecule has 0 spiro atoms. The van der Waals surface area contributed by atoms with Crippen LogP contribution in [0.2, 0.25) is 0 Å². The lowest BCUT2D eigenvalue weighted by Gasteiger charge is -2.32. The Bertz CT molecular complexity index is 274. The van der Waals surface area contributed by atoms with Crippen molar-refractivity contribution in [1.29, 1.82) is 0 Å². The normalized spacial score (nSPS) is 25.7. The fourth-order valence-electron chi connectivity index (χ4n) is 2.80. The number of hydrogen-bond acceptors (Lipinski definition) is 2. The summed E-state index contributed by atoms with van der Waals surface area (Å²) in [6, 6.07) is 0. The van der Waals surface area contributed by atoms with Crippen molar-refractivity contribution in [3.8, 4) is 0 Å². The Morgan fingerprint density at radius 1 is 1.11 bits per heavy atom. The van der Waals surface area contributed by atoms with Gasteiger partial charge in [-0.2, -0.15) is 0 Å². The van der Waals surface area contributed by atoms with E-state index in [0.29, 0.717) is 0 Å². The van der Waals surface area contributed by atoms with Gasteiger partial charge in [-0.15, -0.1) is 0 Å². The van der Waals surface area contributed by atoms with E-state index in [1.165, 1.54) is 38.8 Å². The molecule has 2 aliphatic heterocycles.